The minimum atomic E-state index is -1.67. The van der Waals surface area contributed by atoms with Gasteiger partial charge in [-0.1, -0.05) is 57.2 Å². The van der Waals surface area contributed by atoms with E-state index < -0.39 is 8.32 Å². The summed E-state index contributed by atoms with van der Waals surface area (Å²) in [5.74, 6) is -0.236. The number of esters is 1. The van der Waals surface area contributed by atoms with Gasteiger partial charge in [-0.3, -0.25) is 4.79 Å². The third-order valence-corrected chi connectivity index (χ3v) is 9.31. The normalized spacial score (nSPS) is 13.8. The smallest absolute Gasteiger partial charge is 0.303 e. The lowest BCUT2D eigenvalue weighted by Gasteiger charge is -2.36. The van der Waals surface area contributed by atoms with Gasteiger partial charge in [-0.2, -0.15) is 0 Å². The zero-order chi connectivity index (χ0) is 18.9. The molecule has 1 aromatic carbocycles. The van der Waals surface area contributed by atoms with E-state index in [9.17, 15) is 4.79 Å². The zero-order valence-corrected chi connectivity index (χ0v) is 17.7. The van der Waals surface area contributed by atoms with E-state index in [1.54, 1.807) is 0 Å². The van der Waals surface area contributed by atoms with Crippen molar-refractivity contribution in [2.24, 2.45) is 0 Å². The summed E-state index contributed by atoms with van der Waals surface area (Å²) in [6.45, 7) is 13.6. The Kier molecular flexibility index (Phi) is 8.60. The molecule has 3 nitrogen and oxygen atoms in total. The van der Waals surface area contributed by atoms with Gasteiger partial charge in [0.2, 0.25) is 0 Å². The van der Waals surface area contributed by atoms with Crippen molar-refractivity contribution in [1.29, 1.82) is 0 Å². The van der Waals surface area contributed by atoms with Crippen LogP contribution < -0.4 is 0 Å². The van der Waals surface area contributed by atoms with E-state index in [4.69, 9.17) is 9.16 Å². The molecule has 0 spiro atoms. The van der Waals surface area contributed by atoms with Gasteiger partial charge in [0.1, 0.15) is 6.10 Å². The van der Waals surface area contributed by atoms with E-state index >= 15 is 0 Å². The molecule has 1 unspecified atom stereocenters. The Morgan fingerprint density at radius 3 is 2.36 bits per heavy atom. The average Bonchev–Trinajstić information content (AvgIpc) is 2.51. The molecule has 0 aliphatic rings. The first-order valence-electron chi connectivity index (χ1n) is 9.16. The molecule has 1 aromatic rings. The molecule has 0 radical (unpaired) electrons. The maximum atomic E-state index is 11.3. The highest BCUT2D eigenvalue weighted by Crippen LogP contribution is 2.36. The first-order chi connectivity index (χ1) is 11.6. The fourth-order valence-electron chi connectivity index (χ4n) is 2.18. The molecular weight excluding hydrogens is 328 g/mol. The molecule has 1 rings (SSSR count). The molecule has 0 bridgehead atoms. The Balaban J connectivity index is 2.44. The zero-order valence-electron chi connectivity index (χ0n) is 16.7. The van der Waals surface area contributed by atoms with Crippen LogP contribution in [0, 0.1) is 0 Å². The van der Waals surface area contributed by atoms with Crippen LogP contribution in [0.25, 0.3) is 6.08 Å². The number of carbonyl (C=O) groups is 1. The lowest BCUT2D eigenvalue weighted by molar-refractivity contribution is -0.144. The molecule has 0 saturated heterocycles. The molecule has 0 heterocycles. The molecule has 4 heteroatoms. The lowest BCUT2D eigenvalue weighted by atomic mass is 10.1. The van der Waals surface area contributed by atoms with Crippen molar-refractivity contribution in [2.75, 3.05) is 6.61 Å². The Bertz CT molecular complexity index is 544. The van der Waals surface area contributed by atoms with Gasteiger partial charge in [0.05, 0.1) is 0 Å². The monoisotopic (exact) mass is 362 g/mol. The van der Waals surface area contributed by atoms with Gasteiger partial charge in [0.25, 0.3) is 0 Å². The second kappa shape index (κ2) is 9.93. The minimum absolute atomic E-state index is 0.175. The Morgan fingerprint density at radius 2 is 1.80 bits per heavy atom. The summed E-state index contributed by atoms with van der Waals surface area (Å²) in [5, 5.41) is 0.242. The fourth-order valence-corrected chi connectivity index (χ4v) is 3.27. The Labute approximate surface area is 154 Å². The lowest BCUT2D eigenvalue weighted by Crippen LogP contribution is -2.40. The van der Waals surface area contributed by atoms with Crippen LogP contribution in [0.4, 0.5) is 0 Å². The molecule has 140 valence electrons. The first kappa shape index (κ1) is 21.6. The van der Waals surface area contributed by atoms with E-state index in [2.05, 4.69) is 33.9 Å². The van der Waals surface area contributed by atoms with Gasteiger partial charge in [-0.05, 0) is 49.0 Å². The summed E-state index contributed by atoms with van der Waals surface area (Å²) in [6, 6.07) is 10.1. The van der Waals surface area contributed by atoms with Gasteiger partial charge in [0, 0.05) is 13.5 Å². The summed E-state index contributed by atoms with van der Waals surface area (Å²) < 4.78 is 11.6. The molecule has 0 aliphatic carbocycles. The molecule has 25 heavy (non-hydrogen) atoms. The van der Waals surface area contributed by atoms with Crippen LogP contribution in [0.15, 0.2) is 36.4 Å². The maximum absolute atomic E-state index is 11.3. The van der Waals surface area contributed by atoms with E-state index in [0.29, 0.717) is 0 Å². The summed E-state index contributed by atoms with van der Waals surface area (Å²) in [4.78, 5) is 11.3. The van der Waals surface area contributed by atoms with Crippen molar-refractivity contribution < 1.29 is 14.0 Å². The van der Waals surface area contributed by atoms with Crippen LogP contribution >= 0.6 is 0 Å². The maximum Gasteiger partial charge on any atom is 0.303 e. The van der Waals surface area contributed by atoms with E-state index in [1.807, 2.05) is 42.5 Å². The van der Waals surface area contributed by atoms with Crippen LogP contribution in [-0.2, 0) is 14.0 Å². The van der Waals surface area contributed by atoms with Gasteiger partial charge >= 0.3 is 5.97 Å². The van der Waals surface area contributed by atoms with Crippen molar-refractivity contribution in [3.8, 4) is 0 Å². The number of rotatable bonds is 9. The van der Waals surface area contributed by atoms with Gasteiger partial charge in [-0.15, -0.1) is 0 Å². The third kappa shape index (κ3) is 8.50. The number of carbonyl (C=O) groups excluding carboxylic acids is 1. The highest BCUT2D eigenvalue weighted by Gasteiger charge is 2.36. The van der Waals surface area contributed by atoms with Crippen LogP contribution in [0.5, 0.6) is 0 Å². The summed E-state index contributed by atoms with van der Waals surface area (Å²) in [7, 11) is -1.67. The summed E-state index contributed by atoms with van der Waals surface area (Å²) in [6.07, 6.45) is 6.61. The molecule has 0 aromatic heterocycles. The minimum Gasteiger partial charge on any atom is -0.458 e. The number of ether oxygens (including phenoxy) is 1. The predicted molar refractivity (Wildman–Crippen MR) is 108 cm³/mol. The number of hydrogen-bond acceptors (Lipinski definition) is 3. The van der Waals surface area contributed by atoms with Crippen molar-refractivity contribution >= 4 is 20.4 Å². The van der Waals surface area contributed by atoms with E-state index in [1.165, 1.54) is 6.92 Å². The largest absolute Gasteiger partial charge is 0.458 e. The number of benzene rings is 1. The molecule has 0 N–H and O–H groups in total. The van der Waals surface area contributed by atoms with Crippen LogP contribution in [0.3, 0.4) is 0 Å². The van der Waals surface area contributed by atoms with E-state index in [-0.39, 0.29) is 17.1 Å². The summed E-state index contributed by atoms with van der Waals surface area (Å²) in [5.41, 5.74) is 1.11. The van der Waals surface area contributed by atoms with Gasteiger partial charge < -0.3 is 9.16 Å². The second-order valence-electron chi connectivity index (χ2n) is 8.02. The topological polar surface area (TPSA) is 35.5 Å². The van der Waals surface area contributed by atoms with Crippen molar-refractivity contribution in [2.45, 2.75) is 71.2 Å². The number of unbranched alkanes of at least 4 members (excludes halogenated alkanes) is 1. The average molecular weight is 363 g/mol. The van der Waals surface area contributed by atoms with E-state index in [0.717, 1.165) is 31.4 Å². The standard InChI is InChI=1S/C21H34O3Si/c1-18(22)24-20(16-15-19-12-8-7-9-13-19)14-10-11-17-23-25(5,6)21(2,3)4/h7-9,12-13,15-16,20H,10-11,14,17H2,1-6H3/b16-15+. The van der Waals surface area contributed by atoms with Gasteiger partial charge in [-0.25, -0.2) is 0 Å². The second-order valence-corrected chi connectivity index (χ2v) is 12.8. The number of hydrogen-bond donors (Lipinski definition) is 0. The van der Waals surface area contributed by atoms with Crippen molar-refractivity contribution in [3.05, 3.63) is 42.0 Å². The van der Waals surface area contributed by atoms with Crippen LogP contribution in [-0.4, -0.2) is 27.0 Å². The SMILES string of the molecule is CC(=O)OC(/C=C/c1ccccc1)CCCCO[Si](C)(C)C(C)(C)C. The molecule has 0 amide bonds. The third-order valence-electron chi connectivity index (χ3n) is 4.77. The first-order valence-corrected chi connectivity index (χ1v) is 12.1. The predicted octanol–water partition coefficient (Wildman–Crippen LogP) is 5.82. The highest BCUT2D eigenvalue weighted by atomic mass is 28.4. The molecule has 0 saturated carbocycles. The molecule has 1 atom stereocenters. The quantitative estimate of drug-likeness (QED) is 0.315. The van der Waals surface area contributed by atoms with Crippen molar-refractivity contribution in [3.63, 3.8) is 0 Å². The molecule has 0 aliphatic heterocycles. The van der Waals surface area contributed by atoms with Crippen molar-refractivity contribution in [1.82, 2.24) is 0 Å². The summed E-state index contributed by atoms with van der Waals surface area (Å²) >= 11 is 0. The van der Waals surface area contributed by atoms with Crippen LogP contribution in [0.2, 0.25) is 18.1 Å². The van der Waals surface area contributed by atoms with Gasteiger partial charge in [0.15, 0.2) is 8.32 Å². The van der Waals surface area contributed by atoms with Crippen LogP contribution in [0.1, 0.15) is 52.5 Å². The Morgan fingerprint density at radius 1 is 1.16 bits per heavy atom. The fraction of sp³-hybridized carbons (Fsp3) is 0.571. The Hall–Kier alpha value is -1.39. The molecule has 0 fully saturated rings. The molecular formula is C21H34O3Si. The highest BCUT2D eigenvalue weighted by molar-refractivity contribution is 6.74.